The summed E-state index contributed by atoms with van der Waals surface area (Å²) in [6.45, 7) is 7.44. The second-order valence-corrected chi connectivity index (χ2v) is 13.9. The molecule has 1 aliphatic heterocycles. The maximum Gasteiger partial charge on any atom is 0.0537 e. The number of hydrogen-bond donors (Lipinski definition) is 0. The van der Waals surface area contributed by atoms with Gasteiger partial charge in [0.05, 0.1) is 10.2 Å². The van der Waals surface area contributed by atoms with Crippen LogP contribution in [0.5, 0.6) is 0 Å². The maximum atomic E-state index is 3.72. The molecule has 0 aromatic heterocycles. The van der Waals surface area contributed by atoms with Gasteiger partial charge in [-0.05, 0) is 10.8 Å². The fourth-order valence-electron chi connectivity index (χ4n) is 1.24. The highest BCUT2D eigenvalue weighted by molar-refractivity contribution is 8.78. The highest BCUT2D eigenvalue weighted by atomic mass is 33.1. The van der Waals surface area contributed by atoms with Crippen LogP contribution in [0, 0.1) is 0 Å². The minimum absolute atomic E-state index is 0.844. The Morgan fingerprint density at radius 3 is 1.60 bits per heavy atom. The van der Waals surface area contributed by atoms with Gasteiger partial charge in [0.1, 0.15) is 0 Å². The molecule has 0 aromatic carbocycles. The first-order valence-corrected chi connectivity index (χ1v) is 15.2. The molecule has 1 aliphatic rings. The molecule has 0 saturated carbocycles. The Bertz CT molecular complexity index is 226. The van der Waals surface area contributed by atoms with E-state index in [2.05, 4.69) is 36.7 Å². The number of rotatable bonds is 12. The molecule has 1 fully saturated rings. The van der Waals surface area contributed by atoms with Crippen LogP contribution in [-0.2, 0) is 0 Å². The van der Waals surface area contributed by atoms with Crippen LogP contribution in [0.1, 0.15) is 0 Å². The van der Waals surface area contributed by atoms with E-state index in [1.165, 1.54) is 23.0 Å². The van der Waals surface area contributed by atoms with E-state index >= 15 is 0 Å². The topological polar surface area (TPSA) is 0 Å². The maximum absolute atomic E-state index is 3.72. The van der Waals surface area contributed by atoms with Crippen LogP contribution in [0.2, 0.25) is 0 Å². The van der Waals surface area contributed by atoms with Gasteiger partial charge in [0, 0.05) is 33.5 Å². The summed E-state index contributed by atoms with van der Waals surface area (Å²) in [7, 11) is 7.96. The lowest BCUT2D eigenvalue weighted by molar-refractivity contribution is 1.06. The third kappa shape index (κ3) is 10.9. The average Bonchev–Trinajstić information content (AvgIpc) is 2.48. The van der Waals surface area contributed by atoms with E-state index in [4.69, 9.17) is 0 Å². The smallest absolute Gasteiger partial charge is 0.0537 e. The van der Waals surface area contributed by atoms with Crippen molar-refractivity contribution in [3.63, 3.8) is 0 Å². The van der Waals surface area contributed by atoms with Gasteiger partial charge in [-0.3, -0.25) is 0 Å². The Hall–Kier alpha value is 2.28. The summed E-state index contributed by atoms with van der Waals surface area (Å²) >= 11 is 7.94. The molecule has 2 atom stereocenters. The third-order valence-corrected chi connectivity index (χ3v) is 13.1. The zero-order valence-corrected chi connectivity index (χ0v) is 17.8. The Labute approximate surface area is 156 Å². The largest absolute Gasteiger partial charge is 0.156 e. The molecule has 20 heavy (non-hydrogen) atoms. The summed E-state index contributed by atoms with van der Waals surface area (Å²) in [6, 6.07) is 0. The van der Waals surface area contributed by atoms with E-state index in [0.29, 0.717) is 0 Å². The van der Waals surface area contributed by atoms with Crippen molar-refractivity contribution in [3.8, 4) is 0 Å². The van der Waals surface area contributed by atoms with Gasteiger partial charge in [-0.15, -0.1) is 23.5 Å². The molecule has 0 nitrogen and oxygen atoms in total. The van der Waals surface area contributed by atoms with Gasteiger partial charge in [-0.2, -0.15) is 23.5 Å². The molecule has 0 N–H and O–H groups in total. The first-order valence-electron chi connectivity index (χ1n) is 6.04. The van der Waals surface area contributed by atoms with Crippen molar-refractivity contribution in [3.05, 3.63) is 24.0 Å². The molecule has 0 radical (unpaired) electrons. The molecule has 1 saturated heterocycles. The fraction of sp³-hybridized carbons (Fsp3) is 0.667. The molecule has 116 valence electrons. The molecule has 1 rings (SSSR count). The van der Waals surface area contributed by atoms with Gasteiger partial charge in [0.25, 0.3) is 0 Å². The monoisotopic (exact) mass is 420 g/mol. The van der Waals surface area contributed by atoms with Crippen molar-refractivity contribution in [2.24, 2.45) is 0 Å². The second kappa shape index (κ2) is 14.8. The molecule has 2 unspecified atom stereocenters. The van der Waals surface area contributed by atoms with Gasteiger partial charge >= 0.3 is 0 Å². The lowest BCUT2D eigenvalue weighted by Crippen LogP contribution is -2.24. The van der Waals surface area contributed by atoms with Crippen LogP contribution in [-0.4, -0.2) is 43.7 Å². The SMILES string of the molecule is C=CSCSSCC1CSC(CSSCSC=C)CS1. The molecule has 1 heterocycles. The molecular weight excluding hydrogens is 401 g/mol. The summed E-state index contributed by atoms with van der Waals surface area (Å²) in [5.74, 6) is 5.21. The van der Waals surface area contributed by atoms with Crippen molar-refractivity contribution < 1.29 is 0 Å². The zero-order valence-electron chi connectivity index (χ0n) is 11.2. The van der Waals surface area contributed by atoms with E-state index in [9.17, 15) is 0 Å². The summed E-state index contributed by atoms with van der Waals surface area (Å²) in [5.41, 5.74) is 0. The minimum atomic E-state index is 0.844. The molecule has 0 spiro atoms. The molecule has 0 aromatic rings. The Morgan fingerprint density at radius 2 is 1.25 bits per heavy atom. The average molecular weight is 421 g/mol. The molecular formula is C12H20S8. The van der Waals surface area contributed by atoms with Gasteiger partial charge < -0.3 is 0 Å². The fourth-order valence-corrected chi connectivity index (χ4v) is 12.0. The lowest BCUT2D eigenvalue weighted by Gasteiger charge is -2.27. The normalized spacial score (nSPS) is 22.6. The molecule has 8 heteroatoms. The van der Waals surface area contributed by atoms with Crippen LogP contribution >= 0.6 is 90.2 Å². The van der Waals surface area contributed by atoms with Crippen molar-refractivity contribution in [1.29, 1.82) is 0 Å². The summed E-state index contributed by atoms with van der Waals surface area (Å²) in [5, 5.41) is 7.78. The van der Waals surface area contributed by atoms with E-state index in [1.807, 2.05) is 54.0 Å². The highest BCUT2D eigenvalue weighted by Gasteiger charge is 2.22. The second-order valence-electron chi connectivity index (χ2n) is 3.62. The van der Waals surface area contributed by atoms with Gasteiger partial charge in [0.15, 0.2) is 0 Å². The zero-order chi connectivity index (χ0) is 14.5. The van der Waals surface area contributed by atoms with Crippen molar-refractivity contribution >= 4 is 90.2 Å². The first kappa shape index (κ1) is 20.3. The summed E-state index contributed by atoms with van der Waals surface area (Å²) < 4.78 is 0. The predicted octanol–water partition coefficient (Wildman–Crippen LogP) is 6.63. The van der Waals surface area contributed by atoms with E-state index in [-0.39, 0.29) is 0 Å². The molecule has 0 aliphatic carbocycles. The van der Waals surface area contributed by atoms with Crippen molar-refractivity contribution in [1.82, 2.24) is 0 Å². The quantitative estimate of drug-likeness (QED) is 0.193. The Morgan fingerprint density at radius 1 is 0.800 bits per heavy atom. The van der Waals surface area contributed by atoms with Crippen LogP contribution < -0.4 is 0 Å². The van der Waals surface area contributed by atoms with Crippen LogP contribution in [0.4, 0.5) is 0 Å². The summed E-state index contributed by atoms with van der Waals surface area (Å²) in [4.78, 5) is 0. The van der Waals surface area contributed by atoms with E-state index in [0.717, 1.165) is 20.7 Å². The standard InChI is InChI=1S/C12H20S8/c1-3-13-9-19-17-7-11-5-16-12(6-15-11)8-18-20-10-14-4-2/h3-4,11-12H,1-2,5-10H2. The minimum Gasteiger partial charge on any atom is -0.156 e. The van der Waals surface area contributed by atoms with Crippen LogP contribution in [0.15, 0.2) is 24.0 Å². The number of thioether (sulfide) groups is 4. The van der Waals surface area contributed by atoms with E-state index < -0.39 is 0 Å². The van der Waals surface area contributed by atoms with Gasteiger partial charge in [-0.1, -0.05) is 56.3 Å². The molecule has 0 bridgehead atoms. The summed E-state index contributed by atoms with van der Waals surface area (Å²) in [6.07, 6.45) is 0. The van der Waals surface area contributed by atoms with Gasteiger partial charge in [0.2, 0.25) is 0 Å². The van der Waals surface area contributed by atoms with Crippen LogP contribution in [0.25, 0.3) is 0 Å². The first-order chi connectivity index (χ1) is 9.86. The lowest BCUT2D eigenvalue weighted by atomic mass is 10.5. The Kier molecular flexibility index (Phi) is 15.1. The third-order valence-electron chi connectivity index (χ3n) is 2.18. The highest BCUT2D eigenvalue weighted by Crippen LogP contribution is 2.38. The van der Waals surface area contributed by atoms with Crippen molar-refractivity contribution in [2.75, 3.05) is 33.2 Å². The Balaban J connectivity index is 1.94. The number of hydrogen-bond acceptors (Lipinski definition) is 8. The molecule has 0 amide bonds. The van der Waals surface area contributed by atoms with Crippen LogP contribution in [0.3, 0.4) is 0 Å². The van der Waals surface area contributed by atoms with E-state index in [1.54, 1.807) is 23.5 Å². The van der Waals surface area contributed by atoms with Gasteiger partial charge in [-0.25, -0.2) is 0 Å². The van der Waals surface area contributed by atoms with Crippen molar-refractivity contribution in [2.45, 2.75) is 10.5 Å². The predicted molar refractivity (Wildman–Crippen MR) is 118 cm³/mol.